The maximum absolute atomic E-state index is 12.0. The quantitative estimate of drug-likeness (QED) is 0.824. The SMILES string of the molecule is CSc1ccccc1NC(=O)Cn1cc(C(C)(C)O)nn1. The van der Waals surface area contributed by atoms with Crippen molar-refractivity contribution >= 4 is 23.4 Å². The lowest BCUT2D eigenvalue weighted by molar-refractivity contribution is -0.116. The molecule has 2 rings (SSSR count). The highest BCUT2D eigenvalue weighted by atomic mass is 32.2. The summed E-state index contributed by atoms with van der Waals surface area (Å²) in [6.45, 7) is 3.29. The van der Waals surface area contributed by atoms with Gasteiger partial charge in [-0.2, -0.15) is 0 Å². The smallest absolute Gasteiger partial charge is 0.246 e. The minimum Gasteiger partial charge on any atom is -0.384 e. The van der Waals surface area contributed by atoms with Crippen molar-refractivity contribution in [3.05, 3.63) is 36.2 Å². The summed E-state index contributed by atoms with van der Waals surface area (Å²) in [7, 11) is 0. The average molecular weight is 306 g/mol. The molecule has 1 aromatic carbocycles. The first-order chi connectivity index (χ1) is 9.90. The predicted octanol–water partition coefficient (Wildman–Crippen LogP) is 1.87. The second-order valence-electron chi connectivity index (χ2n) is 5.11. The lowest BCUT2D eigenvalue weighted by Crippen LogP contribution is -2.19. The van der Waals surface area contributed by atoms with E-state index in [2.05, 4.69) is 15.6 Å². The van der Waals surface area contributed by atoms with Gasteiger partial charge in [0.05, 0.1) is 11.9 Å². The Morgan fingerprint density at radius 2 is 2.14 bits per heavy atom. The first-order valence-corrected chi connectivity index (χ1v) is 7.68. The third-order valence-electron chi connectivity index (χ3n) is 2.85. The summed E-state index contributed by atoms with van der Waals surface area (Å²) < 4.78 is 1.41. The van der Waals surface area contributed by atoms with E-state index < -0.39 is 5.60 Å². The van der Waals surface area contributed by atoms with Crippen molar-refractivity contribution in [2.75, 3.05) is 11.6 Å². The molecule has 1 amide bonds. The van der Waals surface area contributed by atoms with Crippen LogP contribution in [0.15, 0.2) is 35.4 Å². The molecule has 0 saturated heterocycles. The van der Waals surface area contributed by atoms with Crippen molar-refractivity contribution in [2.45, 2.75) is 30.9 Å². The monoisotopic (exact) mass is 306 g/mol. The molecule has 6 nitrogen and oxygen atoms in total. The van der Waals surface area contributed by atoms with Crippen LogP contribution in [-0.4, -0.2) is 32.3 Å². The summed E-state index contributed by atoms with van der Waals surface area (Å²) in [5, 5.41) is 20.4. The number of hydrogen-bond acceptors (Lipinski definition) is 5. The Balaban J connectivity index is 2.03. The number of carbonyl (C=O) groups excluding carboxylic acids is 1. The minimum atomic E-state index is -1.07. The van der Waals surface area contributed by atoms with Crippen molar-refractivity contribution in [1.29, 1.82) is 0 Å². The van der Waals surface area contributed by atoms with Crippen molar-refractivity contribution in [2.24, 2.45) is 0 Å². The number of carbonyl (C=O) groups is 1. The number of aliphatic hydroxyl groups is 1. The van der Waals surface area contributed by atoms with Gasteiger partial charge in [0, 0.05) is 4.90 Å². The van der Waals surface area contributed by atoms with E-state index in [4.69, 9.17) is 0 Å². The zero-order valence-electron chi connectivity index (χ0n) is 12.2. The van der Waals surface area contributed by atoms with Gasteiger partial charge in [0.15, 0.2) is 0 Å². The number of amides is 1. The molecule has 0 aliphatic rings. The number of thioether (sulfide) groups is 1. The van der Waals surface area contributed by atoms with Crippen LogP contribution in [0.1, 0.15) is 19.5 Å². The van der Waals surface area contributed by atoms with Gasteiger partial charge in [0.2, 0.25) is 5.91 Å². The van der Waals surface area contributed by atoms with Crippen LogP contribution in [0.5, 0.6) is 0 Å². The van der Waals surface area contributed by atoms with Gasteiger partial charge >= 0.3 is 0 Å². The van der Waals surface area contributed by atoms with Crippen molar-refractivity contribution in [1.82, 2.24) is 15.0 Å². The fourth-order valence-electron chi connectivity index (χ4n) is 1.74. The van der Waals surface area contributed by atoms with Crippen molar-refractivity contribution in [3.8, 4) is 0 Å². The van der Waals surface area contributed by atoms with E-state index in [0.29, 0.717) is 5.69 Å². The Labute approximate surface area is 127 Å². The van der Waals surface area contributed by atoms with Gasteiger partial charge in [-0.1, -0.05) is 17.3 Å². The van der Waals surface area contributed by atoms with Crippen LogP contribution in [0, 0.1) is 0 Å². The summed E-state index contributed by atoms with van der Waals surface area (Å²) in [5.74, 6) is -0.191. The van der Waals surface area contributed by atoms with Gasteiger partial charge in [-0.05, 0) is 32.2 Å². The molecule has 0 unspecified atom stereocenters. The van der Waals surface area contributed by atoms with Crippen molar-refractivity contribution < 1.29 is 9.90 Å². The molecular weight excluding hydrogens is 288 g/mol. The number of para-hydroxylation sites is 1. The topological polar surface area (TPSA) is 80.0 Å². The molecule has 2 N–H and O–H groups in total. The minimum absolute atomic E-state index is 0.0474. The maximum atomic E-state index is 12.0. The molecule has 0 radical (unpaired) electrons. The van der Waals surface area contributed by atoms with E-state index in [9.17, 15) is 9.90 Å². The summed E-state index contributed by atoms with van der Waals surface area (Å²) in [6, 6.07) is 7.60. The van der Waals surface area contributed by atoms with Crippen LogP contribution in [0.25, 0.3) is 0 Å². The standard InChI is InChI=1S/C14H18N4O2S/c1-14(2,20)12-8-18(17-16-12)9-13(19)15-10-6-4-5-7-11(10)21-3/h4-8,20H,9H2,1-3H3,(H,15,19). The lowest BCUT2D eigenvalue weighted by atomic mass is 10.1. The molecule has 0 bridgehead atoms. The number of nitrogens with zero attached hydrogens (tertiary/aromatic N) is 3. The van der Waals surface area contributed by atoms with Gasteiger partial charge in [0.1, 0.15) is 17.8 Å². The first kappa shape index (κ1) is 15.5. The summed E-state index contributed by atoms with van der Waals surface area (Å²) in [6.07, 6.45) is 3.53. The maximum Gasteiger partial charge on any atom is 0.246 e. The predicted molar refractivity (Wildman–Crippen MR) is 82.1 cm³/mol. The van der Waals surface area contributed by atoms with Crippen LogP contribution in [0.4, 0.5) is 5.69 Å². The van der Waals surface area contributed by atoms with Gasteiger partial charge in [-0.25, -0.2) is 4.68 Å². The first-order valence-electron chi connectivity index (χ1n) is 6.46. The Kier molecular flexibility index (Phi) is 4.64. The molecule has 112 valence electrons. The van der Waals surface area contributed by atoms with Crippen LogP contribution in [-0.2, 0) is 16.9 Å². The molecule has 21 heavy (non-hydrogen) atoms. The largest absolute Gasteiger partial charge is 0.384 e. The van der Waals surface area contributed by atoms with E-state index in [1.165, 1.54) is 4.68 Å². The molecular formula is C14H18N4O2S. The molecule has 0 aliphatic heterocycles. The van der Waals surface area contributed by atoms with Crippen LogP contribution in [0.3, 0.4) is 0 Å². The highest BCUT2D eigenvalue weighted by Gasteiger charge is 2.20. The van der Waals surface area contributed by atoms with Gasteiger partial charge in [-0.15, -0.1) is 16.9 Å². The number of benzene rings is 1. The highest BCUT2D eigenvalue weighted by molar-refractivity contribution is 7.98. The van der Waals surface area contributed by atoms with Crippen LogP contribution < -0.4 is 5.32 Å². The molecule has 1 aromatic heterocycles. The lowest BCUT2D eigenvalue weighted by Gasteiger charge is -2.12. The molecule has 0 saturated carbocycles. The van der Waals surface area contributed by atoms with Gasteiger partial charge < -0.3 is 10.4 Å². The molecule has 7 heteroatoms. The molecule has 0 fully saturated rings. The van der Waals surface area contributed by atoms with E-state index in [1.807, 2.05) is 30.5 Å². The van der Waals surface area contributed by atoms with E-state index in [1.54, 1.807) is 31.8 Å². The Hall–Kier alpha value is -1.86. The van der Waals surface area contributed by atoms with E-state index in [0.717, 1.165) is 10.6 Å². The fourth-order valence-corrected chi connectivity index (χ4v) is 2.29. The Morgan fingerprint density at radius 1 is 1.43 bits per heavy atom. The third kappa shape index (κ3) is 4.05. The molecule has 1 heterocycles. The normalized spacial score (nSPS) is 11.4. The number of nitrogens with one attached hydrogen (secondary N) is 1. The van der Waals surface area contributed by atoms with E-state index in [-0.39, 0.29) is 12.5 Å². The highest BCUT2D eigenvalue weighted by Crippen LogP contribution is 2.24. The second kappa shape index (κ2) is 6.28. The summed E-state index contributed by atoms with van der Waals surface area (Å²) >= 11 is 1.57. The van der Waals surface area contributed by atoms with E-state index >= 15 is 0 Å². The summed E-state index contributed by atoms with van der Waals surface area (Å²) in [4.78, 5) is 13.0. The number of aromatic nitrogens is 3. The van der Waals surface area contributed by atoms with Gasteiger partial charge in [0.25, 0.3) is 0 Å². The van der Waals surface area contributed by atoms with Crippen LogP contribution in [0.2, 0.25) is 0 Å². The van der Waals surface area contributed by atoms with Crippen LogP contribution >= 0.6 is 11.8 Å². The Bertz CT molecular complexity index is 634. The zero-order chi connectivity index (χ0) is 15.5. The molecule has 0 aliphatic carbocycles. The third-order valence-corrected chi connectivity index (χ3v) is 3.65. The average Bonchev–Trinajstić information content (AvgIpc) is 2.87. The van der Waals surface area contributed by atoms with Gasteiger partial charge in [-0.3, -0.25) is 4.79 Å². The molecule has 0 spiro atoms. The molecule has 0 atom stereocenters. The number of rotatable bonds is 5. The second-order valence-corrected chi connectivity index (χ2v) is 5.96. The fraction of sp³-hybridized carbons (Fsp3) is 0.357. The zero-order valence-corrected chi connectivity index (χ0v) is 13.0. The van der Waals surface area contributed by atoms with Crippen molar-refractivity contribution in [3.63, 3.8) is 0 Å². The molecule has 2 aromatic rings. The summed E-state index contributed by atoms with van der Waals surface area (Å²) in [5.41, 5.74) is 0.137. The Morgan fingerprint density at radius 3 is 2.76 bits per heavy atom. The number of hydrogen-bond donors (Lipinski definition) is 2. The number of anilines is 1.